The molecule has 10 nitrogen and oxygen atoms in total. The molecular weight excluding hydrogens is 418 g/mol. The molecule has 2 aliphatic rings. The third kappa shape index (κ3) is 3.77. The number of hydrogen-bond donors (Lipinski definition) is 1. The number of aryl methyl sites for hydroxylation is 1. The van der Waals surface area contributed by atoms with Crippen molar-refractivity contribution in [3.8, 4) is 5.82 Å². The normalized spacial score (nSPS) is 17.3. The Morgan fingerprint density at radius 3 is 2.42 bits per heavy atom. The lowest BCUT2D eigenvalue weighted by Gasteiger charge is -2.34. The number of carbonyl (C=O) groups excluding carboxylic acids is 1. The van der Waals surface area contributed by atoms with Gasteiger partial charge in [0.05, 0.1) is 4.90 Å². The molecule has 0 radical (unpaired) electrons. The SMILES string of the molecule is O=C1CCc2cc(S(=O)(=O)N3CCN(c4ccc(-n5cccn5)nn4)CC3)ccc2N1. The quantitative estimate of drug-likeness (QED) is 0.647. The van der Waals surface area contributed by atoms with E-state index in [1.807, 2.05) is 23.1 Å². The van der Waals surface area contributed by atoms with Crippen molar-refractivity contribution in [3.05, 3.63) is 54.4 Å². The highest BCUT2D eigenvalue weighted by Gasteiger charge is 2.30. The average Bonchev–Trinajstić information content (AvgIpc) is 3.34. The highest BCUT2D eigenvalue weighted by molar-refractivity contribution is 7.89. The average molecular weight is 440 g/mol. The molecule has 3 aromatic rings. The van der Waals surface area contributed by atoms with Gasteiger partial charge in [-0.05, 0) is 48.4 Å². The molecule has 0 spiro atoms. The van der Waals surface area contributed by atoms with Gasteiger partial charge in [0.1, 0.15) is 0 Å². The first-order chi connectivity index (χ1) is 15.0. The van der Waals surface area contributed by atoms with E-state index < -0.39 is 10.0 Å². The maximum atomic E-state index is 13.1. The number of fused-ring (bicyclic) bond motifs is 1. The molecule has 31 heavy (non-hydrogen) atoms. The van der Waals surface area contributed by atoms with E-state index in [0.29, 0.717) is 56.3 Å². The second kappa shape index (κ2) is 7.75. The standard InChI is InChI=1S/C20H21N7O3S/c28-20-7-2-15-14-16(3-4-17(15)22-20)31(29,30)26-12-10-25(11-13-26)18-5-6-19(24-23-18)27-9-1-8-21-27/h1,3-6,8-9,14H,2,7,10-13H2,(H,22,28). The van der Waals surface area contributed by atoms with Gasteiger partial charge in [0.15, 0.2) is 11.6 Å². The second-order valence-corrected chi connectivity index (χ2v) is 9.40. The number of aromatic nitrogens is 4. The zero-order chi connectivity index (χ0) is 21.4. The third-order valence-corrected chi connectivity index (χ3v) is 7.44. The Morgan fingerprint density at radius 2 is 1.71 bits per heavy atom. The predicted molar refractivity (Wildman–Crippen MR) is 114 cm³/mol. The van der Waals surface area contributed by atoms with Crippen LogP contribution >= 0.6 is 0 Å². The van der Waals surface area contributed by atoms with Crippen molar-refractivity contribution >= 4 is 27.4 Å². The van der Waals surface area contributed by atoms with Gasteiger partial charge < -0.3 is 10.2 Å². The van der Waals surface area contributed by atoms with Gasteiger partial charge in [0.2, 0.25) is 15.9 Å². The van der Waals surface area contributed by atoms with E-state index in [4.69, 9.17) is 0 Å². The topological polar surface area (TPSA) is 113 Å². The summed E-state index contributed by atoms with van der Waals surface area (Å²) in [5.41, 5.74) is 1.55. The molecule has 1 N–H and O–H groups in total. The Bertz CT molecular complexity index is 1200. The Balaban J connectivity index is 1.27. The van der Waals surface area contributed by atoms with Gasteiger partial charge in [-0.25, -0.2) is 13.1 Å². The van der Waals surface area contributed by atoms with Gasteiger partial charge in [-0.3, -0.25) is 4.79 Å². The van der Waals surface area contributed by atoms with Crippen molar-refractivity contribution in [1.82, 2.24) is 24.3 Å². The van der Waals surface area contributed by atoms with Crippen LogP contribution in [0, 0.1) is 0 Å². The number of hydrogen-bond acceptors (Lipinski definition) is 7. The number of rotatable bonds is 4. The van der Waals surface area contributed by atoms with Crippen molar-refractivity contribution in [2.45, 2.75) is 17.7 Å². The first-order valence-corrected chi connectivity index (χ1v) is 11.5. The third-order valence-electron chi connectivity index (χ3n) is 5.55. The molecule has 0 bridgehead atoms. The van der Waals surface area contributed by atoms with Gasteiger partial charge >= 0.3 is 0 Å². The largest absolute Gasteiger partial charge is 0.352 e. The van der Waals surface area contributed by atoms with Crippen LogP contribution in [0.4, 0.5) is 11.5 Å². The fourth-order valence-corrected chi connectivity index (χ4v) is 5.31. The van der Waals surface area contributed by atoms with Crippen molar-refractivity contribution < 1.29 is 13.2 Å². The van der Waals surface area contributed by atoms with Gasteiger partial charge in [-0.15, -0.1) is 10.2 Å². The van der Waals surface area contributed by atoms with E-state index in [0.717, 1.165) is 5.56 Å². The minimum atomic E-state index is -3.60. The van der Waals surface area contributed by atoms with E-state index in [1.54, 1.807) is 35.3 Å². The molecule has 1 aromatic carbocycles. The van der Waals surface area contributed by atoms with Crippen molar-refractivity contribution in [1.29, 1.82) is 0 Å². The maximum absolute atomic E-state index is 13.1. The van der Waals surface area contributed by atoms with Crippen LogP contribution in [0.25, 0.3) is 5.82 Å². The fourth-order valence-electron chi connectivity index (χ4n) is 3.84. The molecule has 1 saturated heterocycles. The Hall–Kier alpha value is -3.31. The van der Waals surface area contributed by atoms with Crippen LogP contribution in [0.5, 0.6) is 0 Å². The number of anilines is 2. The van der Waals surface area contributed by atoms with Crippen LogP contribution in [0.1, 0.15) is 12.0 Å². The first-order valence-electron chi connectivity index (χ1n) is 10.0. The fraction of sp³-hybridized carbons (Fsp3) is 0.300. The maximum Gasteiger partial charge on any atom is 0.243 e. The lowest BCUT2D eigenvalue weighted by atomic mass is 10.0. The Kier molecular flexibility index (Phi) is 4.91. The number of benzene rings is 1. The number of nitrogens with zero attached hydrogens (tertiary/aromatic N) is 6. The summed E-state index contributed by atoms with van der Waals surface area (Å²) < 4.78 is 29.4. The minimum Gasteiger partial charge on any atom is -0.352 e. The molecule has 0 unspecified atom stereocenters. The van der Waals surface area contributed by atoms with Crippen molar-refractivity contribution in [2.24, 2.45) is 0 Å². The van der Waals surface area contributed by atoms with Crippen LogP contribution in [0.15, 0.2) is 53.7 Å². The summed E-state index contributed by atoms with van der Waals surface area (Å²) in [6, 6.07) is 10.4. The zero-order valence-corrected chi connectivity index (χ0v) is 17.5. The van der Waals surface area contributed by atoms with Crippen LogP contribution in [0.3, 0.4) is 0 Å². The number of amides is 1. The summed E-state index contributed by atoms with van der Waals surface area (Å²) in [5, 5.41) is 15.4. The molecule has 1 fully saturated rings. The molecule has 2 aromatic heterocycles. The van der Waals surface area contributed by atoms with E-state index in [9.17, 15) is 13.2 Å². The van der Waals surface area contributed by atoms with Gasteiger partial charge in [0, 0.05) is 50.7 Å². The summed E-state index contributed by atoms with van der Waals surface area (Å²) in [6.07, 6.45) is 4.39. The van der Waals surface area contributed by atoms with Gasteiger partial charge in [0.25, 0.3) is 0 Å². The molecule has 0 aliphatic carbocycles. The van der Waals surface area contributed by atoms with E-state index in [-0.39, 0.29) is 10.8 Å². The van der Waals surface area contributed by atoms with Crippen LogP contribution in [-0.4, -0.2) is 64.8 Å². The summed E-state index contributed by atoms with van der Waals surface area (Å²) >= 11 is 0. The number of sulfonamides is 1. The van der Waals surface area contributed by atoms with E-state index >= 15 is 0 Å². The molecule has 11 heteroatoms. The molecule has 2 aliphatic heterocycles. The molecule has 0 saturated carbocycles. The van der Waals surface area contributed by atoms with Crippen LogP contribution in [0.2, 0.25) is 0 Å². The summed E-state index contributed by atoms with van der Waals surface area (Å²) in [6.45, 7) is 1.77. The van der Waals surface area contributed by atoms with Gasteiger partial charge in [-0.1, -0.05) is 0 Å². The van der Waals surface area contributed by atoms with E-state index in [1.165, 1.54) is 4.31 Å². The highest BCUT2D eigenvalue weighted by atomic mass is 32.2. The van der Waals surface area contributed by atoms with Crippen LogP contribution in [-0.2, 0) is 21.2 Å². The molecule has 5 rings (SSSR count). The molecular formula is C20H21N7O3S. The van der Waals surface area contributed by atoms with Crippen molar-refractivity contribution in [2.75, 3.05) is 36.4 Å². The Labute approximate surface area is 179 Å². The summed E-state index contributed by atoms with van der Waals surface area (Å²) in [7, 11) is -3.60. The minimum absolute atomic E-state index is 0.0417. The predicted octanol–water partition coefficient (Wildman–Crippen LogP) is 1.06. The molecule has 0 atom stereocenters. The number of nitrogens with one attached hydrogen (secondary N) is 1. The molecule has 160 valence electrons. The number of piperazine rings is 1. The highest BCUT2D eigenvalue weighted by Crippen LogP contribution is 2.27. The van der Waals surface area contributed by atoms with Crippen molar-refractivity contribution in [3.63, 3.8) is 0 Å². The molecule has 4 heterocycles. The molecule has 1 amide bonds. The Morgan fingerprint density at radius 1 is 0.935 bits per heavy atom. The second-order valence-electron chi connectivity index (χ2n) is 7.46. The summed E-state index contributed by atoms with van der Waals surface area (Å²) in [5.74, 6) is 1.29. The smallest absolute Gasteiger partial charge is 0.243 e. The van der Waals surface area contributed by atoms with Crippen LogP contribution < -0.4 is 10.2 Å². The lowest BCUT2D eigenvalue weighted by molar-refractivity contribution is -0.116. The van der Waals surface area contributed by atoms with Gasteiger partial charge in [-0.2, -0.15) is 9.40 Å². The lowest BCUT2D eigenvalue weighted by Crippen LogP contribution is -2.49. The zero-order valence-electron chi connectivity index (χ0n) is 16.7. The first kappa shape index (κ1) is 19.6. The number of carbonyl (C=O) groups is 1. The monoisotopic (exact) mass is 439 g/mol. The van der Waals surface area contributed by atoms with E-state index in [2.05, 4.69) is 20.6 Å². The summed E-state index contributed by atoms with van der Waals surface area (Å²) in [4.78, 5) is 13.8.